The van der Waals surface area contributed by atoms with Gasteiger partial charge in [0.15, 0.2) is 6.61 Å². The molecule has 1 aliphatic heterocycles. The van der Waals surface area contributed by atoms with Crippen LogP contribution in [0.5, 0.6) is 5.75 Å². The second-order valence-corrected chi connectivity index (χ2v) is 7.64. The number of hydrogen-bond donors (Lipinski definition) is 0. The molecule has 2 aromatic carbocycles. The Morgan fingerprint density at radius 1 is 1.03 bits per heavy atom. The van der Waals surface area contributed by atoms with Crippen molar-refractivity contribution in [1.29, 1.82) is 0 Å². The van der Waals surface area contributed by atoms with Crippen molar-refractivity contribution >= 4 is 5.91 Å². The first-order valence-electron chi connectivity index (χ1n) is 10.3. The van der Waals surface area contributed by atoms with Crippen molar-refractivity contribution in [2.45, 2.75) is 25.2 Å². The first-order valence-corrected chi connectivity index (χ1v) is 10.3. The van der Waals surface area contributed by atoms with Crippen LogP contribution in [-0.2, 0) is 11.2 Å². The molecule has 0 bridgehead atoms. The number of ether oxygens (including phenoxy) is 1. The van der Waals surface area contributed by atoms with Crippen molar-refractivity contribution in [3.8, 4) is 5.75 Å². The Labute approximate surface area is 176 Å². The smallest absolute Gasteiger partial charge is 0.260 e. The lowest BCUT2D eigenvalue weighted by atomic mass is 9.94. The van der Waals surface area contributed by atoms with E-state index in [1.807, 2.05) is 53.4 Å². The minimum atomic E-state index is -0.233. The molecule has 1 aromatic heterocycles. The van der Waals surface area contributed by atoms with E-state index in [9.17, 15) is 9.18 Å². The van der Waals surface area contributed by atoms with Gasteiger partial charge in [0.1, 0.15) is 11.6 Å². The third kappa shape index (κ3) is 5.23. The largest absolute Gasteiger partial charge is 0.484 e. The number of pyridine rings is 1. The fraction of sp³-hybridized carbons (Fsp3) is 0.280. The number of aromatic nitrogens is 1. The van der Waals surface area contributed by atoms with Gasteiger partial charge in [-0.2, -0.15) is 0 Å². The van der Waals surface area contributed by atoms with E-state index in [0.717, 1.165) is 36.3 Å². The highest BCUT2D eigenvalue weighted by molar-refractivity contribution is 5.78. The molecule has 5 heteroatoms. The molecular formula is C25H25FN2O2. The lowest BCUT2D eigenvalue weighted by Gasteiger charge is -2.32. The molecule has 0 saturated carbocycles. The summed E-state index contributed by atoms with van der Waals surface area (Å²) in [5.41, 5.74) is 2.99. The van der Waals surface area contributed by atoms with Crippen LogP contribution in [0.25, 0.3) is 0 Å². The van der Waals surface area contributed by atoms with Crippen molar-refractivity contribution in [2.24, 2.45) is 0 Å². The van der Waals surface area contributed by atoms with Gasteiger partial charge in [-0.25, -0.2) is 4.39 Å². The number of para-hydroxylation sites is 1. The standard InChI is InChI=1S/C25H25FN2O2/c26-21-13-11-19(12-14-21)16-22-7-4-10-24(27-22)20-6-5-15-28(17-20)25(29)18-30-23-8-2-1-3-9-23/h1-4,7-14,20H,5-6,15-18H2/t20-/m1/s1. The number of piperidine rings is 1. The van der Waals surface area contributed by atoms with Crippen LogP contribution in [0.15, 0.2) is 72.8 Å². The van der Waals surface area contributed by atoms with Crippen molar-refractivity contribution in [1.82, 2.24) is 9.88 Å². The van der Waals surface area contributed by atoms with Crippen LogP contribution >= 0.6 is 0 Å². The SMILES string of the molecule is O=C(COc1ccccc1)N1CCC[C@@H](c2cccc(Cc3ccc(F)cc3)n2)C1. The van der Waals surface area contributed by atoms with Gasteiger partial charge in [-0.15, -0.1) is 0 Å². The maximum Gasteiger partial charge on any atom is 0.260 e. The highest BCUT2D eigenvalue weighted by Crippen LogP contribution is 2.26. The minimum absolute atomic E-state index is 0.00557. The van der Waals surface area contributed by atoms with Crippen molar-refractivity contribution in [2.75, 3.05) is 19.7 Å². The number of carbonyl (C=O) groups excluding carboxylic acids is 1. The number of halogens is 1. The van der Waals surface area contributed by atoms with Gasteiger partial charge in [0.25, 0.3) is 5.91 Å². The van der Waals surface area contributed by atoms with E-state index in [0.29, 0.717) is 18.7 Å². The van der Waals surface area contributed by atoms with Crippen LogP contribution < -0.4 is 4.74 Å². The first kappa shape index (κ1) is 20.1. The number of carbonyl (C=O) groups is 1. The monoisotopic (exact) mass is 404 g/mol. The zero-order valence-corrected chi connectivity index (χ0v) is 16.8. The summed E-state index contributed by atoms with van der Waals surface area (Å²) in [7, 11) is 0. The van der Waals surface area contributed by atoms with Crippen molar-refractivity contribution in [3.63, 3.8) is 0 Å². The number of nitrogens with zero attached hydrogens (tertiary/aromatic N) is 2. The van der Waals surface area contributed by atoms with Gasteiger partial charge in [0.05, 0.1) is 0 Å². The summed E-state index contributed by atoms with van der Waals surface area (Å²) in [5.74, 6) is 0.692. The maximum atomic E-state index is 13.1. The van der Waals surface area contributed by atoms with Gasteiger partial charge in [-0.05, 0) is 54.8 Å². The predicted molar refractivity (Wildman–Crippen MR) is 114 cm³/mol. The average Bonchev–Trinajstić information content (AvgIpc) is 2.80. The Bertz CT molecular complexity index is 976. The molecule has 0 unspecified atom stereocenters. The van der Waals surface area contributed by atoms with E-state index in [1.165, 1.54) is 12.1 Å². The lowest BCUT2D eigenvalue weighted by molar-refractivity contribution is -0.134. The predicted octanol–water partition coefficient (Wildman–Crippen LogP) is 4.60. The number of rotatable bonds is 6. The van der Waals surface area contributed by atoms with E-state index in [4.69, 9.17) is 9.72 Å². The fourth-order valence-corrected chi connectivity index (χ4v) is 3.83. The lowest BCUT2D eigenvalue weighted by Crippen LogP contribution is -2.41. The molecule has 0 N–H and O–H groups in total. The zero-order valence-electron chi connectivity index (χ0n) is 16.8. The second kappa shape index (κ2) is 9.53. The molecule has 1 fully saturated rings. The molecule has 1 atom stereocenters. The Kier molecular flexibility index (Phi) is 6.38. The molecule has 0 radical (unpaired) electrons. The van der Waals surface area contributed by atoms with Gasteiger partial charge in [0.2, 0.25) is 0 Å². The summed E-state index contributed by atoms with van der Waals surface area (Å²) >= 11 is 0. The van der Waals surface area contributed by atoms with E-state index >= 15 is 0 Å². The van der Waals surface area contributed by atoms with E-state index in [2.05, 4.69) is 0 Å². The molecule has 4 rings (SSSR count). The van der Waals surface area contributed by atoms with Crippen LogP contribution in [0, 0.1) is 5.82 Å². The molecule has 3 aromatic rings. The number of amides is 1. The van der Waals surface area contributed by atoms with Gasteiger partial charge in [0, 0.05) is 36.8 Å². The van der Waals surface area contributed by atoms with E-state index in [-0.39, 0.29) is 24.2 Å². The Balaban J connectivity index is 1.38. The summed E-state index contributed by atoms with van der Waals surface area (Å²) in [6, 6.07) is 22.0. The Morgan fingerprint density at radius 3 is 2.63 bits per heavy atom. The van der Waals surface area contributed by atoms with Crippen LogP contribution in [-0.4, -0.2) is 35.5 Å². The van der Waals surface area contributed by atoms with Crippen LogP contribution in [0.3, 0.4) is 0 Å². The topological polar surface area (TPSA) is 42.4 Å². The molecule has 154 valence electrons. The quantitative estimate of drug-likeness (QED) is 0.603. The molecule has 2 heterocycles. The summed E-state index contributed by atoms with van der Waals surface area (Å²) in [4.78, 5) is 19.4. The van der Waals surface area contributed by atoms with Gasteiger partial charge in [-0.1, -0.05) is 36.4 Å². The minimum Gasteiger partial charge on any atom is -0.484 e. The fourth-order valence-electron chi connectivity index (χ4n) is 3.83. The molecule has 0 spiro atoms. The molecular weight excluding hydrogens is 379 g/mol. The Hall–Kier alpha value is -3.21. The molecule has 30 heavy (non-hydrogen) atoms. The highest BCUT2D eigenvalue weighted by atomic mass is 19.1. The van der Waals surface area contributed by atoms with Crippen LogP contribution in [0.1, 0.15) is 35.7 Å². The number of likely N-dealkylation sites (tertiary alicyclic amines) is 1. The summed E-state index contributed by atoms with van der Waals surface area (Å²) < 4.78 is 18.8. The third-order valence-corrected chi connectivity index (χ3v) is 5.42. The van der Waals surface area contributed by atoms with Gasteiger partial charge in [-0.3, -0.25) is 9.78 Å². The van der Waals surface area contributed by atoms with Crippen molar-refractivity contribution in [3.05, 3.63) is 95.6 Å². The van der Waals surface area contributed by atoms with Crippen molar-refractivity contribution < 1.29 is 13.9 Å². The maximum absolute atomic E-state index is 13.1. The molecule has 1 amide bonds. The highest BCUT2D eigenvalue weighted by Gasteiger charge is 2.26. The van der Waals surface area contributed by atoms with Gasteiger partial charge < -0.3 is 9.64 Å². The van der Waals surface area contributed by atoms with E-state index in [1.54, 1.807) is 12.1 Å². The number of hydrogen-bond acceptors (Lipinski definition) is 3. The third-order valence-electron chi connectivity index (χ3n) is 5.42. The molecule has 1 aliphatic rings. The zero-order chi connectivity index (χ0) is 20.8. The molecule has 1 saturated heterocycles. The average molecular weight is 404 g/mol. The second-order valence-electron chi connectivity index (χ2n) is 7.64. The Morgan fingerprint density at radius 2 is 1.83 bits per heavy atom. The van der Waals surface area contributed by atoms with E-state index < -0.39 is 0 Å². The summed E-state index contributed by atoms with van der Waals surface area (Å²) in [6.45, 7) is 1.46. The molecule has 4 nitrogen and oxygen atoms in total. The van der Waals surface area contributed by atoms with Crippen LogP contribution in [0.2, 0.25) is 0 Å². The summed E-state index contributed by atoms with van der Waals surface area (Å²) in [5, 5.41) is 0. The number of benzene rings is 2. The van der Waals surface area contributed by atoms with Gasteiger partial charge >= 0.3 is 0 Å². The first-order chi connectivity index (χ1) is 14.7. The molecule has 0 aliphatic carbocycles. The summed E-state index contributed by atoms with van der Waals surface area (Å²) in [6.07, 6.45) is 2.62. The normalized spacial score (nSPS) is 16.3. The van der Waals surface area contributed by atoms with Crippen LogP contribution in [0.4, 0.5) is 4.39 Å².